The van der Waals surface area contributed by atoms with E-state index < -0.39 is 8.07 Å². The third-order valence-electron chi connectivity index (χ3n) is 8.42. The van der Waals surface area contributed by atoms with Crippen LogP contribution in [0.15, 0.2) is 121 Å². The van der Waals surface area contributed by atoms with Gasteiger partial charge in [0.05, 0.1) is 24.9 Å². The number of rotatable bonds is 5. The molecule has 0 aliphatic rings. The van der Waals surface area contributed by atoms with Crippen molar-refractivity contribution in [2.75, 3.05) is 0 Å². The summed E-state index contributed by atoms with van der Waals surface area (Å²) in [5.74, 6) is 0.707. The minimum absolute atomic E-state index is 0. The summed E-state index contributed by atoms with van der Waals surface area (Å²) in [4.78, 5) is 9.50. The van der Waals surface area contributed by atoms with Crippen molar-refractivity contribution in [3.05, 3.63) is 139 Å². The number of aromatic nitrogens is 3. The number of hydrogen-bond donors (Lipinski definition) is 0. The number of benzene rings is 5. The molecule has 5 aromatic carbocycles. The molecule has 0 atom stereocenters. The van der Waals surface area contributed by atoms with Crippen LogP contribution >= 0.6 is 11.3 Å². The molecule has 0 amide bonds. The van der Waals surface area contributed by atoms with Gasteiger partial charge in [0, 0.05) is 37.5 Å². The molecule has 241 valence electrons. The van der Waals surface area contributed by atoms with Crippen LogP contribution in [0.25, 0.3) is 65.0 Å². The molecule has 8 aromatic rings. The molecule has 0 saturated heterocycles. The van der Waals surface area contributed by atoms with Crippen molar-refractivity contribution in [3.63, 3.8) is 0 Å². The van der Waals surface area contributed by atoms with Gasteiger partial charge in [0.1, 0.15) is 5.82 Å². The molecule has 7 heteroatoms. The van der Waals surface area contributed by atoms with E-state index >= 15 is 0 Å². The second-order valence-corrected chi connectivity index (χ2v) is 18.6. The van der Waals surface area contributed by atoms with Crippen molar-refractivity contribution in [2.45, 2.75) is 33.1 Å². The summed E-state index contributed by atoms with van der Waals surface area (Å²) in [7, 11) is -1.23. The van der Waals surface area contributed by atoms with Gasteiger partial charge in [-0.25, -0.2) is 4.39 Å². The van der Waals surface area contributed by atoms with E-state index in [1.54, 1.807) is 11.3 Å². The molecule has 0 aliphatic carbocycles. The van der Waals surface area contributed by atoms with Gasteiger partial charge in [0.25, 0.3) is 0 Å². The summed E-state index contributed by atoms with van der Waals surface area (Å²) in [5, 5.41) is 3.78. The molecule has 0 N–H and O–H groups in total. The van der Waals surface area contributed by atoms with Crippen LogP contribution in [0.3, 0.4) is 0 Å². The molecule has 1 radical (unpaired) electrons. The number of pyridine rings is 1. The molecule has 0 unspecified atom stereocenters. The number of aryl methyl sites for hydroxylation is 1. The molecular weight excluding hydrogens is 806 g/mol. The van der Waals surface area contributed by atoms with Gasteiger partial charge in [-0.3, -0.25) is 4.98 Å². The van der Waals surface area contributed by atoms with E-state index in [-0.39, 0.29) is 25.9 Å². The second kappa shape index (κ2) is 14.1. The van der Waals surface area contributed by atoms with Crippen LogP contribution in [0.5, 0.6) is 0 Å². The summed E-state index contributed by atoms with van der Waals surface area (Å²) in [6.07, 6.45) is 2.02. The maximum absolute atomic E-state index is 13.6. The SMILES string of the molecule is CCn1c(-c2[c-]cc(-c3ccc(F)cc3)c3c2sc2ccccc23)nc2ccccc21.C[Si](C)(C)c1ccc(-c2[c-]cccc2)nc1.[Ir]. The van der Waals surface area contributed by atoms with Gasteiger partial charge in [0.15, 0.2) is 0 Å². The Hall–Kier alpha value is -4.26. The molecule has 0 aliphatic heterocycles. The minimum atomic E-state index is -1.23. The Morgan fingerprint density at radius 3 is 2.29 bits per heavy atom. The minimum Gasteiger partial charge on any atom is -0.364 e. The van der Waals surface area contributed by atoms with Crippen molar-refractivity contribution in [2.24, 2.45) is 0 Å². The second-order valence-electron chi connectivity index (χ2n) is 12.5. The Bertz CT molecular complexity index is 2320. The molecule has 0 bridgehead atoms. The van der Waals surface area contributed by atoms with E-state index in [2.05, 4.69) is 103 Å². The molecule has 0 fully saturated rings. The van der Waals surface area contributed by atoms with Crippen LogP contribution in [0.4, 0.5) is 4.39 Å². The first-order valence-corrected chi connectivity index (χ1v) is 20.1. The topological polar surface area (TPSA) is 30.7 Å². The Morgan fingerprint density at radius 1 is 0.833 bits per heavy atom. The van der Waals surface area contributed by atoms with Gasteiger partial charge in [-0.15, -0.1) is 48.0 Å². The Balaban J connectivity index is 0.000000201. The van der Waals surface area contributed by atoms with Crippen LogP contribution in [0.2, 0.25) is 19.6 Å². The monoisotopic (exact) mass is 840 g/mol. The van der Waals surface area contributed by atoms with Crippen molar-refractivity contribution >= 4 is 55.8 Å². The van der Waals surface area contributed by atoms with Crippen molar-refractivity contribution in [3.8, 4) is 33.8 Å². The van der Waals surface area contributed by atoms with Gasteiger partial charge in [0.2, 0.25) is 0 Å². The van der Waals surface area contributed by atoms with Gasteiger partial charge < -0.3 is 9.55 Å². The third kappa shape index (κ3) is 6.56. The van der Waals surface area contributed by atoms with Gasteiger partial charge >= 0.3 is 0 Å². The zero-order chi connectivity index (χ0) is 32.5. The maximum Gasteiger partial charge on any atom is 0.123 e. The number of fused-ring (bicyclic) bond motifs is 4. The van der Waals surface area contributed by atoms with Gasteiger partial charge in [-0.2, -0.15) is 11.3 Å². The predicted octanol–water partition coefficient (Wildman–Crippen LogP) is 10.8. The fraction of sp³-hybridized carbons (Fsp3) is 0.122. The smallest absolute Gasteiger partial charge is 0.123 e. The number of nitrogens with zero attached hydrogens (tertiary/aromatic N) is 3. The van der Waals surface area contributed by atoms with E-state index in [0.717, 1.165) is 56.1 Å². The molecule has 0 saturated carbocycles. The molecule has 48 heavy (non-hydrogen) atoms. The van der Waals surface area contributed by atoms with Crippen LogP contribution in [0, 0.1) is 17.9 Å². The van der Waals surface area contributed by atoms with E-state index in [1.807, 2.05) is 54.7 Å². The summed E-state index contributed by atoms with van der Waals surface area (Å²) in [6.45, 7) is 9.97. The van der Waals surface area contributed by atoms with Crippen LogP contribution in [-0.4, -0.2) is 22.6 Å². The Kier molecular flexibility index (Phi) is 9.86. The molecule has 0 spiro atoms. The quantitative estimate of drug-likeness (QED) is 0.128. The average Bonchev–Trinajstić information content (AvgIpc) is 3.68. The zero-order valence-corrected chi connectivity index (χ0v) is 31.4. The van der Waals surface area contributed by atoms with E-state index in [1.165, 1.54) is 32.8 Å². The average molecular weight is 840 g/mol. The first-order chi connectivity index (χ1) is 22.8. The van der Waals surface area contributed by atoms with Gasteiger partial charge in [-0.05, 0) is 58.2 Å². The standard InChI is InChI=1S/C27H18FN2S.C14H16NSi.Ir/c1-2-30-23-9-5-4-8-22(23)29-27(30)21-16-15-19(17-11-13-18(28)14-12-17)25-20-7-3-6-10-24(20)31-26(21)25;1-16(2,3)13-9-10-14(15-11-13)12-7-5-4-6-8-12;/h3-15H,2H2,1H3;4-7,9-11H,1-3H3;/q2*-1;. The summed E-state index contributed by atoms with van der Waals surface area (Å²) in [5.41, 5.74) is 7.25. The molecule has 8 rings (SSSR count). The van der Waals surface area contributed by atoms with E-state index in [4.69, 9.17) is 4.98 Å². The predicted molar refractivity (Wildman–Crippen MR) is 199 cm³/mol. The largest absolute Gasteiger partial charge is 0.364 e. The third-order valence-corrected chi connectivity index (χ3v) is 11.6. The van der Waals surface area contributed by atoms with E-state index in [0.29, 0.717) is 0 Å². The van der Waals surface area contributed by atoms with Crippen molar-refractivity contribution in [1.29, 1.82) is 0 Å². The van der Waals surface area contributed by atoms with E-state index in [9.17, 15) is 4.39 Å². The normalized spacial score (nSPS) is 11.4. The number of halogens is 1. The van der Waals surface area contributed by atoms with Gasteiger partial charge in [-0.1, -0.05) is 96.3 Å². The van der Waals surface area contributed by atoms with Crippen LogP contribution in [0.1, 0.15) is 6.92 Å². The first-order valence-electron chi connectivity index (χ1n) is 15.8. The summed E-state index contributed by atoms with van der Waals surface area (Å²) < 4.78 is 18.2. The number of thiophene rings is 1. The van der Waals surface area contributed by atoms with Crippen molar-refractivity contribution in [1.82, 2.24) is 14.5 Å². The first kappa shape index (κ1) is 33.6. The Morgan fingerprint density at radius 2 is 1.58 bits per heavy atom. The fourth-order valence-corrected chi connectivity index (χ4v) is 8.19. The number of imidazole rings is 1. The molecule has 3 aromatic heterocycles. The zero-order valence-electron chi connectivity index (χ0n) is 27.2. The maximum atomic E-state index is 13.6. The summed E-state index contributed by atoms with van der Waals surface area (Å²) in [6, 6.07) is 44.4. The molecule has 3 nitrogen and oxygen atoms in total. The summed E-state index contributed by atoms with van der Waals surface area (Å²) >= 11 is 1.77. The number of para-hydroxylation sites is 2. The number of hydrogen-bond acceptors (Lipinski definition) is 3. The fourth-order valence-electron chi connectivity index (χ4n) is 5.93. The Labute approximate surface area is 299 Å². The van der Waals surface area contributed by atoms with Crippen LogP contribution in [-0.2, 0) is 26.7 Å². The molecular formula is C41H34FIrN3SSi-2. The molecule has 3 heterocycles. The van der Waals surface area contributed by atoms with Crippen molar-refractivity contribution < 1.29 is 24.5 Å². The van der Waals surface area contributed by atoms with Crippen LogP contribution < -0.4 is 5.19 Å².